The number of halogens is 1. The molecular formula is C18H16ClN3OS. The molecule has 0 N–H and O–H groups in total. The maximum atomic E-state index is 12.5. The van der Waals surface area contributed by atoms with Crippen molar-refractivity contribution in [3.63, 3.8) is 0 Å². The topological polar surface area (TPSA) is 36.4 Å². The lowest BCUT2D eigenvalue weighted by atomic mass is 10.2. The molecule has 0 saturated carbocycles. The first-order valence-corrected chi connectivity index (χ1v) is 9.05. The molecule has 122 valence electrons. The lowest BCUT2D eigenvalue weighted by Crippen LogP contribution is -2.48. The molecule has 0 unspecified atom stereocenters. The minimum atomic E-state index is 0.103. The monoisotopic (exact) mass is 357 g/mol. The van der Waals surface area contributed by atoms with E-state index in [4.69, 9.17) is 11.6 Å². The molecule has 4 rings (SSSR count). The van der Waals surface area contributed by atoms with Crippen molar-refractivity contribution in [1.82, 2.24) is 9.88 Å². The number of anilines is 1. The van der Waals surface area contributed by atoms with Crippen LogP contribution in [0, 0.1) is 0 Å². The zero-order valence-corrected chi connectivity index (χ0v) is 14.6. The highest BCUT2D eigenvalue weighted by atomic mass is 35.5. The molecule has 1 fully saturated rings. The van der Waals surface area contributed by atoms with E-state index in [1.165, 1.54) is 0 Å². The molecule has 2 aromatic carbocycles. The fourth-order valence-corrected chi connectivity index (χ4v) is 4.18. The Balaban J connectivity index is 1.46. The molecule has 1 aromatic heterocycles. The van der Waals surface area contributed by atoms with E-state index in [0.29, 0.717) is 13.1 Å². The van der Waals surface area contributed by atoms with Gasteiger partial charge in [-0.1, -0.05) is 41.1 Å². The van der Waals surface area contributed by atoms with Crippen molar-refractivity contribution < 1.29 is 4.79 Å². The summed E-state index contributed by atoms with van der Waals surface area (Å²) in [6, 6.07) is 15.2. The van der Waals surface area contributed by atoms with Crippen LogP contribution in [0.1, 0.15) is 10.4 Å². The maximum absolute atomic E-state index is 12.5. The molecule has 0 bridgehead atoms. The van der Waals surface area contributed by atoms with Crippen LogP contribution in [0.5, 0.6) is 0 Å². The Labute approximate surface area is 149 Å². The van der Waals surface area contributed by atoms with Gasteiger partial charge in [-0.2, -0.15) is 0 Å². The summed E-state index contributed by atoms with van der Waals surface area (Å²) < 4.78 is 1.10. The van der Waals surface area contributed by atoms with Crippen molar-refractivity contribution in [3.8, 4) is 0 Å². The van der Waals surface area contributed by atoms with Crippen LogP contribution in [0.15, 0.2) is 48.5 Å². The van der Waals surface area contributed by atoms with E-state index >= 15 is 0 Å². The van der Waals surface area contributed by atoms with Gasteiger partial charge in [0.2, 0.25) is 0 Å². The highest BCUT2D eigenvalue weighted by Gasteiger charge is 2.23. The zero-order valence-electron chi connectivity index (χ0n) is 13.0. The summed E-state index contributed by atoms with van der Waals surface area (Å²) in [7, 11) is 0. The third-order valence-electron chi connectivity index (χ3n) is 4.20. The number of carbonyl (C=O) groups is 1. The summed E-state index contributed by atoms with van der Waals surface area (Å²) in [4.78, 5) is 21.3. The second-order valence-corrected chi connectivity index (χ2v) is 7.20. The van der Waals surface area contributed by atoms with Crippen molar-refractivity contribution in [1.29, 1.82) is 0 Å². The van der Waals surface area contributed by atoms with Gasteiger partial charge in [0.25, 0.3) is 5.91 Å². The highest BCUT2D eigenvalue weighted by molar-refractivity contribution is 7.22. The minimum Gasteiger partial charge on any atom is -0.345 e. The maximum Gasteiger partial charge on any atom is 0.253 e. The van der Waals surface area contributed by atoms with Gasteiger partial charge in [0.15, 0.2) is 5.13 Å². The predicted octanol–water partition coefficient (Wildman–Crippen LogP) is 3.91. The summed E-state index contributed by atoms with van der Waals surface area (Å²) >= 11 is 7.70. The molecule has 0 aliphatic carbocycles. The molecule has 0 spiro atoms. The molecule has 24 heavy (non-hydrogen) atoms. The standard InChI is InChI=1S/C18H16ClN3OS/c19-14-6-7-15-16(12-14)24-18(20-15)22-10-8-21(9-11-22)17(23)13-4-2-1-3-5-13/h1-7,12H,8-11H2. The molecule has 6 heteroatoms. The van der Waals surface area contributed by atoms with Crippen molar-refractivity contribution in [2.75, 3.05) is 31.1 Å². The summed E-state index contributed by atoms with van der Waals surface area (Å²) in [5.74, 6) is 0.103. The number of hydrogen-bond acceptors (Lipinski definition) is 4. The Morgan fingerprint density at radius 2 is 1.79 bits per heavy atom. The summed E-state index contributed by atoms with van der Waals surface area (Å²) in [5, 5.41) is 1.73. The zero-order chi connectivity index (χ0) is 16.5. The number of carbonyl (C=O) groups excluding carboxylic acids is 1. The van der Waals surface area contributed by atoms with E-state index in [9.17, 15) is 4.79 Å². The van der Waals surface area contributed by atoms with E-state index in [2.05, 4.69) is 9.88 Å². The number of benzene rings is 2. The molecule has 0 atom stereocenters. The van der Waals surface area contributed by atoms with Crippen LogP contribution in [0.2, 0.25) is 5.02 Å². The SMILES string of the molecule is O=C(c1ccccc1)N1CCN(c2nc3ccc(Cl)cc3s2)CC1. The van der Waals surface area contributed by atoms with Crippen molar-refractivity contribution in [2.45, 2.75) is 0 Å². The van der Waals surface area contributed by atoms with Crippen molar-refractivity contribution >= 4 is 44.2 Å². The fourth-order valence-electron chi connectivity index (χ4n) is 2.89. The average molecular weight is 358 g/mol. The molecule has 0 radical (unpaired) electrons. The molecule has 1 saturated heterocycles. The number of aromatic nitrogens is 1. The van der Waals surface area contributed by atoms with Crippen LogP contribution in [0.25, 0.3) is 10.2 Å². The Hall–Kier alpha value is -2.11. The second kappa shape index (κ2) is 6.42. The first-order valence-electron chi connectivity index (χ1n) is 7.86. The quantitative estimate of drug-likeness (QED) is 0.697. The summed E-state index contributed by atoms with van der Waals surface area (Å²) in [6.45, 7) is 3.02. The van der Waals surface area contributed by atoms with Gasteiger partial charge in [-0.05, 0) is 30.3 Å². The molecular weight excluding hydrogens is 342 g/mol. The Kier molecular flexibility index (Phi) is 4.12. The largest absolute Gasteiger partial charge is 0.345 e. The molecule has 4 nitrogen and oxygen atoms in total. The Morgan fingerprint density at radius 3 is 2.54 bits per heavy atom. The van der Waals surface area contributed by atoms with Crippen LogP contribution in [0.4, 0.5) is 5.13 Å². The van der Waals surface area contributed by atoms with Gasteiger partial charge in [0.05, 0.1) is 10.2 Å². The minimum absolute atomic E-state index is 0.103. The van der Waals surface area contributed by atoms with E-state index in [0.717, 1.165) is 39.0 Å². The van der Waals surface area contributed by atoms with Gasteiger partial charge < -0.3 is 9.80 Å². The summed E-state index contributed by atoms with van der Waals surface area (Å²) in [6.07, 6.45) is 0. The first kappa shape index (κ1) is 15.4. The van der Waals surface area contributed by atoms with Crippen LogP contribution in [-0.4, -0.2) is 42.0 Å². The predicted molar refractivity (Wildman–Crippen MR) is 99.2 cm³/mol. The van der Waals surface area contributed by atoms with Gasteiger partial charge in [0.1, 0.15) is 0 Å². The highest BCUT2D eigenvalue weighted by Crippen LogP contribution is 2.31. The van der Waals surface area contributed by atoms with E-state index < -0.39 is 0 Å². The third-order valence-corrected chi connectivity index (χ3v) is 5.51. The van der Waals surface area contributed by atoms with Gasteiger partial charge >= 0.3 is 0 Å². The molecule has 1 aliphatic rings. The van der Waals surface area contributed by atoms with E-state index in [-0.39, 0.29) is 5.91 Å². The molecule has 3 aromatic rings. The normalized spacial score (nSPS) is 15.0. The number of amides is 1. The number of rotatable bonds is 2. The number of thiazole rings is 1. The van der Waals surface area contributed by atoms with E-state index in [1.807, 2.05) is 53.4 Å². The second-order valence-electron chi connectivity index (χ2n) is 5.75. The van der Waals surface area contributed by atoms with Crippen LogP contribution in [0.3, 0.4) is 0 Å². The van der Waals surface area contributed by atoms with Gasteiger partial charge in [-0.25, -0.2) is 4.98 Å². The van der Waals surface area contributed by atoms with Crippen molar-refractivity contribution in [3.05, 3.63) is 59.1 Å². The molecule has 1 amide bonds. The van der Waals surface area contributed by atoms with Gasteiger partial charge in [-0.3, -0.25) is 4.79 Å². The number of fused-ring (bicyclic) bond motifs is 1. The number of nitrogens with zero attached hydrogens (tertiary/aromatic N) is 3. The molecule has 2 heterocycles. The Bertz CT molecular complexity index is 872. The van der Waals surface area contributed by atoms with Crippen LogP contribution >= 0.6 is 22.9 Å². The lowest BCUT2D eigenvalue weighted by molar-refractivity contribution is 0.0747. The van der Waals surface area contributed by atoms with Crippen LogP contribution in [-0.2, 0) is 0 Å². The Morgan fingerprint density at radius 1 is 1.04 bits per heavy atom. The number of hydrogen-bond donors (Lipinski definition) is 0. The van der Waals surface area contributed by atoms with Gasteiger partial charge in [-0.15, -0.1) is 0 Å². The van der Waals surface area contributed by atoms with Crippen LogP contribution < -0.4 is 4.90 Å². The fraction of sp³-hybridized carbons (Fsp3) is 0.222. The average Bonchev–Trinajstić information content (AvgIpc) is 3.05. The molecule has 1 aliphatic heterocycles. The van der Waals surface area contributed by atoms with Crippen molar-refractivity contribution in [2.24, 2.45) is 0 Å². The third kappa shape index (κ3) is 2.97. The summed E-state index contributed by atoms with van der Waals surface area (Å²) in [5.41, 5.74) is 1.72. The smallest absolute Gasteiger partial charge is 0.253 e. The van der Waals surface area contributed by atoms with E-state index in [1.54, 1.807) is 11.3 Å². The van der Waals surface area contributed by atoms with Gasteiger partial charge in [0, 0.05) is 36.8 Å². The number of piperazine rings is 1. The first-order chi connectivity index (χ1) is 11.7. The lowest BCUT2D eigenvalue weighted by Gasteiger charge is -2.34.